The number of hydrogen-bond donors (Lipinski definition) is 2. The maximum Gasteiger partial charge on any atom is 0.226 e. The van der Waals surface area contributed by atoms with Gasteiger partial charge < -0.3 is 15.5 Å². The number of carbonyl (C=O) groups is 1. The van der Waals surface area contributed by atoms with Crippen molar-refractivity contribution in [2.75, 3.05) is 39.3 Å². The van der Waals surface area contributed by atoms with E-state index in [1.54, 1.807) is 0 Å². The van der Waals surface area contributed by atoms with Crippen molar-refractivity contribution in [3.8, 4) is 0 Å². The maximum atomic E-state index is 12.3. The summed E-state index contributed by atoms with van der Waals surface area (Å²) in [5.74, 6) is 0.313. The Labute approximate surface area is 129 Å². The van der Waals surface area contributed by atoms with E-state index in [4.69, 9.17) is 0 Å². The number of amides is 1. The molecule has 0 atom stereocenters. The number of nitrogens with one attached hydrogen (secondary N) is 2. The standard InChI is InChI=1S/C15H29N3O.ClH/c1-2-15(6-3-4-7-15)14(19)17-8-5-11-18-12-9-16-10-13-18;/h16H,2-13H2,1H3,(H,17,19);1H. The van der Waals surface area contributed by atoms with E-state index in [1.807, 2.05) is 0 Å². The van der Waals surface area contributed by atoms with Crippen LogP contribution in [0.2, 0.25) is 0 Å². The summed E-state index contributed by atoms with van der Waals surface area (Å²) in [6.45, 7) is 8.60. The summed E-state index contributed by atoms with van der Waals surface area (Å²) < 4.78 is 0. The van der Waals surface area contributed by atoms with Crippen LogP contribution < -0.4 is 10.6 Å². The molecule has 0 unspecified atom stereocenters. The van der Waals surface area contributed by atoms with Crippen LogP contribution in [-0.4, -0.2) is 50.1 Å². The molecule has 1 heterocycles. The SMILES string of the molecule is CCC1(C(=O)NCCCN2CCNCC2)CCCC1.Cl. The molecule has 0 radical (unpaired) electrons. The summed E-state index contributed by atoms with van der Waals surface area (Å²) in [4.78, 5) is 14.8. The van der Waals surface area contributed by atoms with E-state index in [-0.39, 0.29) is 17.8 Å². The van der Waals surface area contributed by atoms with Crippen LogP contribution in [0.25, 0.3) is 0 Å². The van der Waals surface area contributed by atoms with Crippen molar-refractivity contribution in [2.24, 2.45) is 5.41 Å². The Balaban J connectivity index is 0.00000200. The molecule has 2 aliphatic rings. The second-order valence-corrected chi connectivity index (χ2v) is 6.04. The van der Waals surface area contributed by atoms with Crippen molar-refractivity contribution in [1.82, 2.24) is 15.5 Å². The summed E-state index contributed by atoms with van der Waals surface area (Å²) in [5, 5.41) is 6.54. The van der Waals surface area contributed by atoms with Gasteiger partial charge in [-0.1, -0.05) is 19.8 Å². The molecule has 4 nitrogen and oxygen atoms in total. The van der Waals surface area contributed by atoms with E-state index in [9.17, 15) is 4.79 Å². The van der Waals surface area contributed by atoms with Crippen molar-refractivity contribution in [3.63, 3.8) is 0 Å². The fraction of sp³-hybridized carbons (Fsp3) is 0.933. The summed E-state index contributed by atoms with van der Waals surface area (Å²) >= 11 is 0. The Hall–Kier alpha value is -0.320. The molecule has 0 bridgehead atoms. The molecule has 20 heavy (non-hydrogen) atoms. The zero-order chi connectivity index (χ0) is 13.6. The van der Waals surface area contributed by atoms with Gasteiger partial charge >= 0.3 is 0 Å². The van der Waals surface area contributed by atoms with Crippen LogP contribution in [0.1, 0.15) is 45.4 Å². The highest BCUT2D eigenvalue weighted by molar-refractivity contribution is 5.85. The molecule has 0 aromatic rings. The lowest BCUT2D eigenvalue weighted by Crippen LogP contribution is -2.45. The predicted molar refractivity (Wildman–Crippen MR) is 85.4 cm³/mol. The van der Waals surface area contributed by atoms with Gasteiger partial charge in [0, 0.05) is 38.1 Å². The van der Waals surface area contributed by atoms with Gasteiger partial charge in [-0.05, 0) is 32.2 Å². The molecule has 1 amide bonds. The lowest BCUT2D eigenvalue weighted by Gasteiger charge is -2.28. The maximum absolute atomic E-state index is 12.3. The molecule has 2 N–H and O–H groups in total. The van der Waals surface area contributed by atoms with Gasteiger partial charge in [-0.2, -0.15) is 0 Å². The van der Waals surface area contributed by atoms with Gasteiger partial charge in [0.1, 0.15) is 0 Å². The minimum atomic E-state index is -0.0327. The molecule has 0 spiro atoms. The molecule has 2 rings (SSSR count). The molecule has 1 aliphatic carbocycles. The molecule has 5 heteroatoms. The van der Waals surface area contributed by atoms with Gasteiger partial charge in [-0.25, -0.2) is 0 Å². The van der Waals surface area contributed by atoms with E-state index in [0.29, 0.717) is 5.91 Å². The number of hydrogen-bond acceptors (Lipinski definition) is 3. The van der Waals surface area contributed by atoms with Crippen molar-refractivity contribution >= 4 is 18.3 Å². The fourth-order valence-electron chi connectivity index (χ4n) is 3.42. The Bertz CT molecular complexity index is 287. The second-order valence-electron chi connectivity index (χ2n) is 6.04. The molecule has 1 aliphatic heterocycles. The molecular weight excluding hydrogens is 274 g/mol. The van der Waals surface area contributed by atoms with Crippen molar-refractivity contribution in [1.29, 1.82) is 0 Å². The molecule has 118 valence electrons. The quantitative estimate of drug-likeness (QED) is 0.735. The Morgan fingerprint density at radius 3 is 2.50 bits per heavy atom. The van der Waals surface area contributed by atoms with Gasteiger partial charge in [0.25, 0.3) is 0 Å². The molecule has 0 aromatic carbocycles. The second kappa shape index (κ2) is 8.85. The Morgan fingerprint density at radius 1 is 1.25 bits per heavy atom. The van der Waals surface area contributed by atoms with Gasteiger partial charge in [-0.15, -0.1) is 12.4 Å². The first kappa shape index (κ1) is 17.7. The van der Waals surface area contributed by atoms with E-state index in [0.717, 1.165) is 65.0 Å². The third-order valence-electron chi connectivity index (χ3n) is 4.87. The largest absolute Gasteiger partial charge is 0.356 e. The highest BCUT2D eigenvalue weighted by atomic mass is 35.5. The Kier molecular flexibility index (Phi) is 7.85. The third-order valence-corrected chi connectivity index (χ3v) is 4.87. The van der Waals surface area contributed by atoms with Gasteiger partial charge in [0.05, 0.1) is 0 Å². The van der Waals surface area contributed by atoms with Crippen molar-refractivity contribution in [3.05, 3.63) is 0 Å². The Morgan fingerprint density at radius 2 is 1.90 bits per heavy atom. The lowest BCUT2D eigenvalue weighted by atomic mass is 9.82. The zero-order valence-electron chi connectivity index (χ0n) is 12.7. The topological polar surface area (TPSA) is 44.4 Å². The number of rotatable bonds is 6. The monoisotopic (exact) mass is 303 g/mol. The normalized spacial score (nSPS) is 22.2. The summed E-state index contributed by atoms with van der Waals surface area (Å²) in [6, 6.07) is 0. The van der Waals surface area contributed by atoms with Crippen molar-refractivity contribution < 1.29 is 4.79 Å². The van der Waals surface area contributed by atoms with Crippen LogP contribution in [0.15, 0.2) is 0 Å². The minimum absolute atomic E-state index is 0. The first-order valence-electron chi connectivity index (χ1n) is 7.98. The first-order valence-corrected chi connectivity index (χ1v) is 7.98. The molecule has 1 saturated heterocycles. The van der Waals surface area contributed by atoms with E-state index >= 15 is 0 Å². The van der Waals surface area contributed by atoms with Crippen LogP contribution in [0.5, 0.6) is 0 Å². The van der Waals surface area contributed by atoms with E-state index < -0.39 is 0 Å². The smallest absolute Gasteiger partial charge is 0.226 e. The minimum Gasteiger partial charge on any atom is -0.356 e. The summed E-state index contributed by atoms with van der Waals surface area (Å²) in [5.41, 5.74) is -0.0327. The molecule has 2 fully saturated rings. The molecule has 1 saturated carbocycles. The van der Waals surface area contributed by atoms with E-state index in [2.05, 4.69) is 22.5 Å². The van der Waals surface area contributed by atoms with Crippen LogP contribution in [0.4, 0.5) is 0 Å². The van der Waals surface area contributed by atoms with Crippen LogP contribution in [-0.2, 0) is 4.79 Å². The van der Waals surface area contributed by atoms with Gasteiger partial charge in [0.15, 0.2) is 0 Å². The first-order chi connectivity index (χ1) is 9.27. The van der Waals surface area contributed by atoms with Crippen LogP contribution in [0.3, 0.4) is 0 Å². The lowest BCUT2D eigenvalue weighted by molar-refractivity contribution is -0.131. The third kappa shape index (κ3) is 4.61. The fourth-order valence-corrected chi connectivity index (χ4v) is 3.42. The number of nitrogens with zero attached hydrogens (tertiary/aromatic N) is 1. The molecular formula is C15H30ClN3O. The number of piperazine rings is 1. The van der Waals surface area contributed by atoms with Crippen LogP contribution in [0, 0.1) is 5.41 Å². The number of carbonyl (C=O) groups excluding carboxylic acids is 1. The highest BCUT2D eigenvalue weighted by Crippen LogP contribution is 2.40. The molecule has 0 aromatic heterocycles. The van der Waals surface area contributed by atoms with Crippen LogP contribution >= 0.6 is 12.4 Å². The highest BCUT2D eigenvalue weighted by Gasteiger charge is 2.38. The van der Waals surface area contributed by atoms with Gasteiger partial charge in [-0.3, -0.25) is 4.79 Å². The van der Waals surface area contributed by atoms with Gasteiger partial charge in [0.2, 0.25) is 5.91 Å². The number of halogens is 1. The summed E-state index contributed by atoms with van der Waals surface area (Å²) in [6.07, 6.45) is 6.70. The van der Waals surface area contributed by atoms with E-state index in [1.165, 1.54) is 12.8 Å². The van der Waals surface area contributed by atoms with Crippen molar-refractivity contribution in [2.45, 2.75) is 45.4 Å². The predicted octanol–water partition coefficient (Wildman–Crippen LogP) is 1.79. The average molecular weight is 304 g/mol. The average Bonchev–Trinajstić information content (AvgIpc) is 2.94. The summed E-state index contributed by atoms with van der Waals surface area (Å²) in [7, 11) is 0. The zero-order valence-corrected chi connectivity index (χ0v) is 13.6.